The van der Waals surface area contributed by atoms with Crippen LogP contribution in [0.2, 0.25) is 0 Å². The quantitative estimate of drug-likeness (QED) is 0.346. The molecule has 1 heterocycles. The third kappa shape index (κ3) is 1.89. The van der Waals surface area contributed by atoms with Crippen LogP contribution in [0.3, 0.4) is 0 Å². The summed E-state index contributed by atoms with van der Waals surface area (Å²) in [6.07, 6.45) is 5.32. The zero-order valence-electron chi connectivity index (χ0n) is 5.60. The van der Waals surface area contributed by atoms with Gasteiger partial charge in [-0.05, 0) is 0 Å². The number of imidazole rings is 1. The van der Waals surface area contributed by atoms with Crippen LogP contribution in [0.25, 0.3) is 0 Å². The Balaban J connectivity index is 2.21. The normalized spacial score (nSPS) is 9.20. The number of nitrogens with zero attached hydrogens (tertiary/aromatic N) is 3. The first kappa shape index (κ1) is 6.80. The zero-order chi connectivity index (χ0) is 7.23. The Morgan fingerprint density at radius 1 is 1.70 bits per heavy atom. The van der Waals surface area contributed by atoms with Gasteiger partial charge in [0.2, 0.25) is 0 Å². The first-order valence-corrected chi connectivity index (χ1v) is 2.97. The van der Waals surface area contributed by atoms with Crippen molar-refractivity contribution < 1.29 is 4.84 Å². The highest BCUT2D eigenvalue weighted by Gasteiger charge is 1.87. The zero-order valence-corrected chi connectivity index (χ0v) is 5.60. The van der Waals surface area contributed by atoms with Gasteiger partial charge in [-0.25, -0.2) is 4.98 Å². The van der Waals surface area contributed by atoms with Crippen molar-refractivity contribution in [1.29, 1.82) is 0 Å². The molecular formula is C6H9N3O. The molecule has 1 aromatic rings. The second-order valence-electron chi connectivity index (χ2n) is 1.76. The molecule has 4 nitrogen and oxygen atoms in total. The van der Waals surface area contributed by atoms with Crippen LogP contribution in [0, 0.1) is 0 Å². The van der Waals surface area contributed by atoms with E-state index in [1.807, 2.05) is 10.8 Å². The van der Waals surface area contributed by atoms with Crippen molar-refractivity contribution in [3.05, 3.63) is 18.7 Å². The maximum Gasteiger partial charge on any atom is 0.135 e. The van der Waals surface area contributed by atoms with Crippen LogP contribution in [0.1, 0.15) is 0 Å². The van der Waals surface area contributed by atoms with Crippen LogP contribution in [0.15, 0.2) is 23.9 Å². The average Bonchev–Trinajstić information content (AvgIpc) is 2.41. The molecule has 1 aromatic heterocycles. The molecule has 0 saturated heterocycles. The molecule has 0 N–H and O–H groups in total. The van der Waals surface area contributed by atoms with E-state index in [1.165, 1.54) is 0 Å². The maximum absolute atomic E-state index is 4.67. The van der Waals surface area contributed by atoms with Crippen LogP contribution in [0.4, 0.5) is 0 Å². The summed E-state index contributed by atoms with van der Waals surface area (Å²) >= 11 is 0. The molecule has 0 amide bonds. The molecule has 4 heteroatoms. The molecule has 0 aromatic carbocycles. The molecule has 1 rings (SSSR count). The summed E-state index contributed by atoms with van der Waals surface area (Å²) in [5.41, 5.74) is 0. The van der Waals surface area contributed by atoms with Gasteiger partial charge in [0.15, 0.2) is 0 Å². The monoisotopic (exact) mass is 139 g/mol. The van der Waals surface area contributed by atoms with Crippen molar-refractivity contribution in [2.24, 2.45) is 5.16 Å². The van der Waals surface area contributed by atoms with E-state index < -0.39 is 0 Å². The van der Waals surface area contributed by atoms with Crippen molar-refractivity contribution in [3.8, 4) is 0 Å². The van der Waals surface area contributed by atoms with Gasteiger partial charge in [0.05, 0.1) is 12.9 Å². The van der Waals surface area contributed by atoms with Gasteiger partial charge in [0, 0.05) is 19.1 Å². The fourth-order valence-electron chi connectivity index (χ4n) is 0.630. The lowest BCUT2D eigenvalue weighted by atomic mass is 10.7. The van der Waals surface area contributed by atoms with Gasteiger partial charge < -0.3 is 9.40 Å². The Labute approximate surface area is 59.1 Å². The Morgan fingerprint density at radius 2 is 2.60 bits per heavy atom. The summed E-state index contributed by atoms with van der Waals surface area (Å²) in [7, 11) is 0. The number of rotatable bonds is 4. The molecule has 0 fully saturated rings. The SMILES string of the molecule is C=NOCCn1ccnc1. The standard InChI is InChI=1S/C6H9N3O/c1-7-10-5-4-9-3-2-8-6-9/h2-3,6H,1,4-5H2. The third-order valence-electron chi connectivity index (χ3n) is 1.09. The molecule has 0 unspecified atom stereocenters. The van der Waals surface area contributed by atoms with Crippen LogP contribution < -0.4 is 0 Å². The molecular weight excluding hydrogens is 130 g/mol. The summed E-state index contributed by atoms with van der Waals surface area (Å²) in [4.78, 5) is 8.53. The Kier molecular flexibility index (Phi) is 2.49. The first-order valence-electron chi connectivity index (χ1n) is 2.97. The topological polar surface area (TPSA) is 39.4 Å². The van der Waals surface area contributed by atoms with Gasteiger partial charge in [-0.2, -0.15) is 0 Å². The van der Waals surface area contributed by atoms with Gasteiger partial charge in [-0.3, -0.25) is 0 Å². The predicted molar refractivity (Wildman–Crippen MR) is 37.7 cm³/mol. The van der Waals surface area contributed by atoms with E-state index in [1.54, 1.807) is 12.5 Å². The highest BCUT2D eigenvalue weighted by Crippen LogP contribution is 1.85. The molecule has 10 heavy (non-hydrogen) atoms. The van der Waals surface area contributed by atoms with E-state index in [2.05, 4.69) is 21.7 Å². The van der Waals surface area contributed by atoms with Crippen molar-refractivity contribution in [2.75, 3.05) is 6.61 Å². The first-order chi connectivity index (χ1) is 4.93. The van der Waals surface area contributed by atoms with E-state index in [4.69, 9.17) is 0 Å². The Morgan fingerprint density at radius 3 is 3.20 bits per heavy atom. The van der Waals surface area contributed by atoms with Crippen LogP contribution in [-0.4, -0.2) is 22.9 Å². The number of oxime groups is 1. The maximum atomic E-state index is 4.67. The second kappa shape index (κ2) is 3.66. The minimum Gasteiger partial charge on any atom is -0.394 e. The van der Waals surface area contributed by atoms with Gasteiger partial charge in [-0.15, -0.1) is 5.16 Å². The summed E-state index contributed by atoms with van der Waals surface area (Å²) in [5.74, 6) is 0. The highest BCUT2D eigenvalue weighted by molar-refractivity contribution is 5.21. The van der Waals surface area contributed by atoms with Gasteiger partial charge in [0.25, 0.3) is 0 Å². The predicted octanol–water partition coefficient (Wildman–Crippen LogP) is 0.515. The van der Waals surface area contributed by atoms with E-state index >= 15 is 0 Å². The van der Waals surface area contributed by atoms with Gasteiger partial charge in [-0.1, -0.05) is 0 Å². The Hall–Kier alpha value is -1.32. The van der Waals surface area contributed by atoms with E-state index in [0.717, 1.165) is 6.54 Å². The van der Waals surface area contributed by atoms with Gasteiger partial charge in [0.1, 0.15) is 6.61 Å². The molecule has 0 saturated carbocycles. The van der Waals surface area contributed by atoms with E-state index in [9.17, 15) is 0 Å². The second-order valence-corrected chi connectivity index (χ2v) is 1.76. The third-order valence-corrected chi connectivity index (χ3v) is 1.09. The fourth-order valence-corrected chi connectivity index (χ4v) is 0.630. The minimum absolute atomic E-state index is 0.542. The van der Waals surface area contributed by atoms with Crippen molar-refractivity contribution in [1.82, 2.24) is 9.55 Å². The Bertz CT molecular complexity index is 183. The molecule has 0 spiro atoms. The van der Waals surface area contributed by atoms with Crippen LogP contribution in [-0.2, 0) is 11.4 Å². The van der Waals surface area contributed by atoms with E-state index in [-0.39, 0.29) is 0 Å². The smallest absolute Gasteiger partial charge is 0.135 e. The van der Waals surface area contributed by atoms with Gasteiger partial charge >= 0.3 is 0 Å². The molecule has 0 atom stereocenters. The molecule has 0 aliphatic rings. The fraction of sp³-hybridized carbons (Fsp3) is 0.333. The lowest BCUT2D eigenvalue weighted by molar-refractivity contribution is 0.138. The summed E-state index contributed by atoms with van der Waals surface area (Å²) in [5, 5.41) is 3.25. The summed E-state index contributed by atoms with van der Waals surface area (Å²) < 4.78 is 1.91. The molecule has 0 radical (unpaired) electrons. The number of hydrogen-bond acceptors (Lipinski definition) is 3. The van der Waals surface area contributed by atoms with Crippen molar-refractivity contribution >= 4 is 6.72 Å². The molecule has 54 valence electrons. The minimum atomic E-state index is 0.542. The average molecular weight is 139 g/mol. The molecule has 0 aliphatic carbocycles. The van der Waals surface area contributed by atoms with Crippen molar-refractivity contribution in [2.45, 2.75) is 6.54 Å². The van der Waals surface area contributed by atoms with Crippen molar-refractivity contribution in [3.63, 3.8) is 0 Å². The summed E-state index contributed by atoms with van der Waals surface area (Å²) in [6, 6.07) is 0. The highest BCUT2D eigenvalue weighted by atomic mass is 16.6. The lowest BCUT2D eigenvalue weighted by Crippen LogP contribution is -2.00. The van der Waals surface area contributed by atoms with Crippen LogP contribution >= 0.6 is 0 Å². The lowest BCUT2D eigenvalue weighted by Gasteiger charge is -1.98. The molecule has 0 aliphatic heterocycles. The number of hydrogen-bond donors (Lipinski definition) is 0. The summed E-state index contributed by atoms with van der Waals surface area (Å²) in [6.45, 7) is 4.49. The number of aromatic nitrogens is 2. The van der Waals surface area contributed by atoms with Crippen LogP contribution in [0.5, 0.6) is 0 Å². The molecule has 0 bridgehead atoms. The van der Waals surface area contributed by atoms with E-state index in [0.29, 0.717) is 6.61 Å². The largest absolute Gasteiger partial charge is 0.394 e.